The van der Waals surface area contributed by atoms with Gasteiger partial charge in [-0.15, -0.1) is 0 Å². The number of fused-ring (bicyclic) bond motifs is 1. The van der Waals surface area contributed by atoms with E-state index >= 15 is 0 Å². The number of benzene rings is 1. The summed E-state index contributed by atoms with van der Waals surface area (Å²) in [4.78, 5) is 13.8. The molecule has 0 spiro atoms. The van der Waals surface area contributed by atoms with Gasteiger partial charge in [0.05, 0.1) is 5.69 Å². The zero-order valence-corrected chi connectivity index (χ0v) is 13.8. The van der Waals surface area contributed by atoms with Gasteiger partial charge in [0.25, 0.3) is 5.91 Å². The first-order valence-electron chi connectivity index (χ1n) is 6.84. The summed E-state index contributed by atoms with van der Waals surface area (Å²) in [6.45, 7) is 8.13. The normalized spacial score (nSPS) is 15.0. The van der Waals surface area contributed by atoms with E-state index in [1.54, 1.807) is 0 Å². The molecule has 0 fully saturated rings. The Morgan fingerprint density at radius 2 is 2.15 bits per heavy atom. The van der Waals surface area contributed by atoms with Crippen LogP contribution in [0.15, 0.2) is 22.7 Å². The number of hydrogen-bond acceptors (Lipinski definition) is 3. The molecule has 0 atom stereocenters. The molecule has 1 aromatic rings. The first-order chi connectivity index (χ1) is 9.37. The number of nitrogens with one attached hydrogen (secondary N) is 1. The van der Waals surface area contributed by atoms with Gasteiger partial charge in [0, 0.05) is 16.6 Å². The number of ether oxygens (including phenoxy) is 1. The van der Waals surface area contributed by atoms with Crippen molar-refractivity contribution in [1.82, 2.24) is 5.32 Å². The smallest absolute Gasteiger partial charge is 0.265 e. The fraction of sp³-hybridized carbons (Fsp3) is 0.533. The van der Waals surface area contributed by atoms with Gasteiger partial charge in [-0.05, 0) is 51.9 Å². The molecule has 1 heterocycles. The highest BCUT2D eigenvalue weighted by molar-refractivity contribution is 9.10. The number of anilines is 1. The van der Waals surface area contributed by atoms with E-state index in [1.807, 2.05) is 23.1 Å². The highest BCUT2D eigenvalue weighted by Gasteiger charge is 2.25. The van der Waals surface area contributed by atoms with Crippen LogP contribution in [0, 0.1) is 0 Å². The predicted molar refractivity (Wildman–Crippen MR) is 84.4 cm³/mol. The van der Waals surface area contributed by atoms with Gasteiger partial charge >= 0.3 is 0 Å². The Morgan fingerprint density at radius 1 is 1.40 bits per heavy atom. The van der Waals surface area contributed by atoms with Crippen LogP contribution in [-0.2, 0) is 4.79 Å². The summed E-state index contributed by atoms with van der Waals surface area (Å²) in [6.07, 6.45) is 0.912. The number of carbonyl (C=O) groups excluding carboxylic acids is 1. The third-order valence-electron chi connectivity index (χ3n) is 3.08. The molecule has 0 saturated carbocycles. The fourth-order valence-corrected chi connectivity index (χ4v) is 2.47. The van der Waals surface area contributed by atoms with E-state index in [2.05, 4.69) is 42.0 Å². The molecule has 1 amide bonds. The minimum atomic E-state index is 0.0198. The van der Waals surface area contributed by atoms with Gasteiger partial charge in [0.2, 0.25) is 0 Å². The Bertz CT molecular complexity index is 497. The van der Waals surface area contributed by atoms with Crippen LogP contribution in [-0.4, -0.2) is 31.1 Å². The Labute approximate surface area is 128 Å². The van der Waals surface area contributed by atoms with Gasteiger partial charge in [-0.2, -0.15) is 0 Å². The van der Waals surface area contributed by atoms with E-state index in [4.69, 9.17) is 4.74 Å². The largest absolute Gasteiger partial charge is 0.482 e. The van der Waals surface area contributed by atoms with Crippen molar-refractivity contribution >= 4 is 27.5 Å². The van der Waals surface area contributed by atoms with Crippen molar-refractivity contribution in [2.24, 2.45) is 0 Å². The third-order valence-corrected chi connectivity index (χ3v) is 3.57. The number of hydrogen-bond donors (Lipinski definition) is 1. The number of nitrogens with zero attached hydrogens (tertiary/aromatic N) is 1. The zero-order valence-electron chi connectivity index (χ0n) is 12.2. The quantitative estimate of drug-likeness (QED) is 0.856. The van der Waals surface area contributed by atoms with Gasteiger partial charge in [-0.3, -0.25) is 4.79 Å². The summed E-state index contributed by atoms with van der Waals surface area (Å²) < 4.78 is 6.41. The summed E-state index contributed by atoms with van der Waals surface area (Å²) in [5.74, 6) is 0.794. The average molecular weight is 341 g/mol. The number of rotatable bonds is 4. The van der Waals surface area contributed by atoms with Crippen molar-refractivity contribution in [2.75, 3.05) is 24.6 Å². The zero-order chi connectivity index (χ0) is 14.8. The monoisotopic (exact) mass is 340 g/mol. The van der Waals surface area contributed by atoms with E-state index in [0.29, 0.717) is 6.54 Å². The van der Waals surface area contributed by atoms with Gasteiger partial charge < -0.3 is 15.0 Å². The molecular formula is C15H21BrN2O2. The van der Waals surface area contributed by atoms with Crippen molar-refractivity contribution < 1.29 is 9.53 Å². The van der Waals surface area contributed by atoms with Gasteiger partial charge in [0.1, 0.15) is 5.75 Å². The lowest BCUT2D eigenvalue weighted by molar-refractivity contribution is -0.121. The highest BCUT2D eigenvalue weighted by atomic mass is 79.9. The Kier molecular flexibility index (Phi) is 4.70. The van der Waals surface area contributed by atoms with Gasteiger partial charge in [0.15, 0.2) is 6.61 Å². The maximum atomic E-state index is 12.0. The minimum Gasteiger partial charge on any atom is -0.482 e. The van der Waals surface area contributed by atoms with Crippen LogP contribution in [0.3, 0.4) is 0 Å². The van der Waals surface area contributed by atoms with E-state index in [1.165, 1.54) is 0 Å². The summed E-state index contributed by atoms with van der Waals surface area (Å²) in [6, 6.07) is 5.75. The molecule has 0 radical (unpaired) electrons. The molecular weight excluding hydrogens is 320 g/mol. The van der Waals surface area contributed by atoms with Gasteiger partial charge in [-0.25, -0.2) is 0 Å². The van der Waals surface area contributed by atoms with Crippen LogP contribution in [0.2, 0.25) is 0 Å². The van der Waals surface area contributed by atoms with Crippen molar-refractivity contribution in [3.63, 3.8) is 0 Å². The maximum Gasteiger partial charge on any atom is 0.265 e. The highest BCUT2D eigenvalue weighted by Crippen LogP contribution is 2.34. The van der Waals surface area contributed by atoms with Crippen molar-refractivity contribution in [1.29, 1.82) is 0 Å². The summed E-state index contributed by atoms with van der Waals surface area (Å²) in [5, 5.41) is 3.43. The van der Waals surface area contributed by atoms with Crippen LogP contribution in [0.1, 0.15) is 27.2 Å². The molecule has 1 aliphatic rings. The molecule has 0 bridgehead atoms. The molecule has 20 heavy (non-hydrogen) atoms. The number of amides is 1. The Hall–Kier alpha value is -1.07. The second-order valence-corrected chi connectivity index (χ2v) is 6.89. The lowest BCUT2D eigenvalue weighted by Crippen LogP contribution is -2.42. The van der Waals surface area contributed by atoms with Crippen LogP contribution in [0.25, 0.3) is 0 Å². The summed E-state index contributed by atoms with van der Waals surface area (Å²) >= 11 is 3.44. The van der Waals surface area contributed by atoms with E-state index in [9.17, 15) is 4.79 Å². The lowest BCUT2D eigenvalue weighted by Gasteiger charge is -2.30. The molecule has 4 nitrogen and oxygen atoms in total. The van der Waals surface area contributed by atoms with E-state index in [-0.39, 0.29) is 18.1 Å². The second-order valence-electron chi connectivity index (χ2n) is 5.98. The molecule has 0 aliphatic carbocycles. The van der Waals surface area contributed by atoms with Gasteiger partial charge in [-0.1, -0.05) is 15.9 Å². The van der Waals surface area contributed by atoms with E-state index in [0.717, 1.165) is 28.9 Å². The van der Waals surface area contributed by atoms with Crippen molar-refractivity contribution in [3.05, 3.63) is 22.7 Å². The molecule has 0 unspecified atom stereocenters. The molecule has 110 valence electrons. The Balaban J connectivity index is 2.01. The summed E-state index contributed by atoms with van der Waals surface area (Å²) in [7, 11) is 0. The minimum absolute atomic E-state index is 0.0198. The molecule has 1 aromatic carbocycles. The molecule has 0 saturated heterocycles. The Morgan fingerprint density at radius 3 is 2.85 bits per heavy atom. The molecule has 2 rings (SSSR count). The lowest BCUT2D eigenvalue weighted by atomic mass is 10.1. The predicted octanol–water partition coefficient (Wildman–Crippen LogP) is 2.95. The van der Waals surface area contributed by atoms with E-state index < -0.39 is 0 Å². The van der Waals surface area contributed by atoms with Crippen LogP contribution in [0.5, 0.6) is 5.75 Å². The third kappa shape index (κ3) is 3.96. The topological polar surface area (TPSA) is 41.6 Å². The van der Waals surface area contributed by atoms with Crippen LogP contribution >= 0.6 is 15.9 Å². The first kappa shape index (κ1) is 15.3. The number of halogens is 1. The first-order valence-corrected chi connectivity index (χ1v) is 7.64. The van der Waals surface area contributed by atoms with Crippen LogP contribution in [0.4, 0.5) is 5.69 Å². The molecule has 1 aliphatic heterocycles. The SMILES string of the molecule is CC(C)(C)NCCCN1C(=O)COc2ccc(Br)cc21. The van der Waals surface area contributed by atoms with Crippen molar-refractivity contribution in [2.45, 2.75) is 32.7 Å². The second kappa shape index (κ2) is 6.14. The number of carbonyl (C=O) groups is 1. The standard InChI is InChI=1S/C15H21BrN2O2/c1-15(2,3)17-7-4-8-18-12-9-11(16)5-6-13(12)20-10-14(18)19/h5-6,9,17H,4,7-8,10H2,1-3H3. The summed E-state index contributed by atoms with van der Waals surface area (Å²) in [5.41, 5.74) is 0.960. The molecule has 0 aromatic heterocycles. The van der Waals surface area contributed by atoms with Crippen molar-refractivity contribution in [3.8, 4) is 5.75 Å². The van der Waals surface area contributed by atoms with Crippen LogP contribution < -0.4 is 15.0 Å². The molecule has 1 N–H and O–H groups in total. The average Bonchev–Trinajstić information content (AvgIpc) is 2.35. The molecule has 5 heteroatoms. The fourth-order valence-electron chi connectivity index (χ4n) is 2.12. The maximum absolute atomic E-state index is 12.0.